The van der Waals surface area contributed by atoms with Crippen LogP contribution in [0.4, 0.5) is 5.82 Å². The summed E-state index contributed by atoms with van der Waals surface area (Å²) in [6.07, 6.45) is 4.60. The van der Waals surface area contributed by atoms with Crippen LogP contribution in [0.2, 0.25) is 10.2 Å². The molecule has 1 atom stereocenters. The molecule has 1 aliphatic rings. The minimum Gasteiger partial charge on any atom is -0.388 e. The van der Waals surface area contributed by atoms with E-state index < -0.39 is 6.10 Å². The first kappa shape index (κ1) is 15.5. The van der Waals surface area contributed by atoms with Crippen LogP contribution in [0.25, 0.3) is 0 Å². The number of rotatable bonds is 3. The molecule has 3 rings (SSSR count). The summed E-state index contributed by atoms with van der Waals surface area (Å²) in [5.41, 5.74) is 0.922. The van der Waals surface area contributed by atoms with Crippen LogP contribution in [0.5, 0.6) is 0 Å². The molecule has 0 amide bonds. The third-order valence-corrected chi connectivity index (χ3v) is 4.55. The van der Waals surface area contributed by atoms with Gasteiger partial charge in [-0.1, -0.05) is 35.3 Å². The van der Waals surface area contributed by atoms with Crippen molar-refractivity contribution in [3.8, 4) is 0 Å². The van der Waals surface area contributed by atoms with Crippen molar-refractivity contribution in [2.24, 2.45) is 5.92 Å². The molecule has 1 aliphatic heterocycles. The van der Waals surface area contributed by atoms with Gasteiger partial charge < -0.3 is 10.0 Å². The van der Waals surface area contributed by atoms with E-state index >= 15 is 0 Å². The normalized spacial score (nSPS) is 17.5. The first-order valence-corrected chi connectivity index (χ1v) is 8.05. The number of hydrogen-bond acceptors (Lipinski definition) is 4. The van der Waals surface area contributed by atoms with Gasteiger partial charge in [0.2, 0.25) is 0 Å². The van der Waals surface area contributed by atoms with Gasteiger partial charge in [-0.15, -0.1) is 0 Å². The predicted molar refractivity (Wildman–Crippen MR) is 88.4 cm³/mol. The lowest BCUT2D eigenvalue weighted by Crippen LogP contribution is -2.36. The van der Waals surface area contributed by atoms with Gasteiger partial charge in [0.05, 0.1) is 18.5 Å². The molecule has 6 heteroatoms. The molecule has 0 bridgehead atoms. The van der Waals surface area contributed by atoms with Gasteiger partial charge in [-0.25, -0.2) is 4.98 Å². The van der Waals surface area contributed by atoms with E-state index in [2.05, 4.69) is 14.9 Å². The van der Waals surface area contributed by atoms with Gasteiger partial charge in [0, 0.05) is 18.1 Å². The van der Waals surface area contributed by atoms with Crippen molar-refractivity contribution < 1.29 is 5.11 Å². The fourth-order valence-corrected chi connectivity index (χ4v) is 3.13. The first-order valence-electron chi connectivity index (χ1n) is 7.29. The van der Waals surface area contributed by atoms with E-state index in [0.717, 1.165) is 37.3 Å². The maximum Gasteiger partial charge on any atom is 0.149 e. The maximum absolute atomic E-state index is 10.5. The smallest absolute Gasteiger partial charge is 0.149 e. The number of halogens is 2. The topological polar surface area (TPSA) is 49.2 Å². The molecule has 0 radical (unpaired) electrons. The number of piperidine rings is 1. The number of nitrogens with zero attached hydrogens (tertiary/aromatic N) is 3. The van der Waals surface area contributed by atoms with E-state index in [-0.39, 0.29) is 5.92 Å². The number of benzene rings is 1. The van der Waals surface area contributed by atoms with Crippen molar-refractivity contribution >= 4 is 29.0 Å². The Morgan fingerprint density at radius 3 is 2.41 bits per heavy atom. The van der Waals surface area contributed by atoms with Crippen molar-refractivity contribution in [1.82, 2.24) is 9.97 Å². The SMILES string of the molecule is OC(c1ccc(Cl)cc1)C1CCN(c2cncc(Cl)n2)CC1. The molecule has 22 heavy (non-hydrogen) atoms. The van der Waals surface area contributed by atoms with Gasteiger partial charge in [0.1, 0.15) is 11.0 Å². The van der Waals surface area contributed by atoms with Gasteiger partial charge in [0.15, 0.2) is 0 Å². The standard InChI is InChI=1S/C16H17Cl2N3O/c17-13-3-1-11(2-4-13)16(22)12-5-7-21(8-6-12)15-10-19-9-14(18)20-15/h1-4,9-10,12,16,22H,5-8H2. The van der Waals surface area contributed by atoms with Gasteiger partial charge in [-0.3, -0.25) is 4.98 Å². The van der Waals surface area contributed by atoms with E-state index in [0.29, 0.717) is 10.2 Å². The Morgan fingerprint density at radius 1 is 1.09 bits per heavy atom. The quantitative estimate of drug-likeness (QED) is 0.926. The lowest BCUT2D eigenvalue weighted by atomic mass is 9.87. The Bertz CT molecular complexity index is 628. The molecule has 1 fully saturated rings. The molecular weight excluding hydrogens is 321 g/mol. The highest BCUT2D eigenvalue weighted by atomic mass is 35.5. The average Bonchev–Trinajstić information content (AvgIpc) is 2.55. The highest BCUT2D eigenvalue weighted by Gasteiger charge is 2.26. The number of aliphatic hydroxyl groups is 1. The molecular formula is C16H17Cl2N3O. The fraction of sp³-hybridized carbons (Fsp3) is 0.375. The summed E-state index contributed by atoms with van der Waals surface area (Å²) in [5, 5.41) is 11.6. The number of aliphatic hydroxyl groups excluding tert-OH is 1. The van der Waals surface area contributed by atoms with Gasteiger partial charge in [-0.2, -0.15) is 0 Å². The maximum atomic E-state index is 10.5. The molecule has 1 saturated heterocycles. The molecule has 0 spiro atoms. The zero-order chi connectivity index (χ0) is 15.5. The van der Waals surface area contributed by atoms with Crippen LogP contribution >= 0.6 is 23.2 Å². The summed E-state index contributed by atoms with van der Waals surface area (Å²) >= 11 is 11.8. The van der Waals surface area contributed by atoms with Crippen LogP contribution in [0, 0.1) is 5.92 Å². The highest BCUT2D eigenvalue weighted by Crippen LogP contribution is 2.32. The van der Waals surface area contributed by atoms with Crippen LogP contribution in [0.3, 0.4) is 0 Å². The fourth-order valence-electron chi connectivity index (χ4n) is 2.86. The van der Waals surface area contributed by atoms with E-state index in [4.69, 9.17) is 23.2 Å². The molecule has 1 unspecified atom stereocenters. The summed E-state index contributed by atoms with van der Waals surface area (Å²) in [7, 11) is 0. The second kappa shape index (κ2) is 6.82. The minimum absolute atomic E-state index is 0.240. The van der Waals surface area contributed by atoms with E-state index in [1.807, 2.05) is 24.3 Å². The lowest BCUT2D eigenvalue weighted by molar-refractivity contribution is 0.0929. The minimum atomic E-state index is -0.454. The van der Waals surface area contributed by atoms with Crippen LogP contribution in [0.15, 0.2) is 36.7 Å². The second-order valence-corrected chi connectivity index (χ2v) is 6.34. The number of aromatic nitrogens is 2. The summed E-state index contributed by atoms with van der Waals surface area (Å²) in [6, 6.07) is 7.41. The Labute approximate surface area is 139 Å². The zero-order valence-corrected chi connectivity index (χ0v) is 13.5. The van der Waals surface area contributed by atoms with Crippen molar-refractivity contribution in [3.05, 3.63) is 52.4 Å². The lowest BCUT2D eigenvalue weighted by Gasteiger charge is -2.34. The molecule has 1 N–H and O–H groups in total. The third-order valence-electron chi connectivity index (χ3n) is 4.11. The van der Waals surface area contributed by atoms with E-state index in [1.54, 1.807) is 6.20 Å². The van der Waals surface area contributed by atoms with Crippen molar-refractivity contribution in [2.75, 3.05) is 18.0 Å². The molecule has 1 aromatic heterocycles. The molecule has 0 saturated carbocycles. The molecule has 2 heterocycles. The van der Waals surface area contributed by atoms with E-state index in [9.17, 15) is 5.11 Å². The number of anilines is 1. The zero-order valence-electron chi connectivity index (χ0n) is 12.0. The van der Waals surface area contributed by atoms with Crippen LogP contribution in [-0.2, 0) is 0 Å². The first-order chi connectivity index (χ1) is 10.6. The average molecular weight is 338 g/mol. The summed E-state index contributed by atoms with van der Waals surface area (Å²) in [4.78, 5) is 10.5. The Hall–Kier alpha value is -1.36. The molecule has 2 aromatic rings. The Balaban J connectivity index is 1.62. The second-order valence-electron chi connectivity index (χ2n) is 5.52. The van der Waals surface area contributed by atoms with Crippen LogP contribution < -0.4 is 4.90 Å². The third kappa shape index (κ3) is 3.51. The molecule has 0 aliphatic carbocycles. The molecule has 116 valence electrons. The Morgan fingerprint density at radius 2 is 1.77 bits per heavy atom. The summed E-state index contributed by atoms with van der Waals surface area (Å²) < 4.78 is 0. The van der Waals surface area contributed by atoms with Crippen LogP contribution in [-0.4, -0.2) is 28.2 Å². The summed E-state index contributed by atoms with van der Waals surface area (Å²) in [5.74, 6) is 1.04. The number of hydrogen-bond donors (Lipinski definition) is 1. The summed E-state index contributed by atoms with van der Waals surface area (Å²) in [6.45, 7) is 1.68. The van der Waals surface area contributed by atoms with Crippen molar-refractivity contribution in [1.29, 1.82) is 0 Å². The van der Waals surface area contributed by atoms with Crippen molar-refractivity contribution in [2.45, 2.75) is 18.9 Å². The van der Waals surface area contributed by atoms with Gasteiger partial charge in [0.25, 0.3) is 0 Å². The largest absolute Gasteiger partial charge is 0.388 e. The van der Waals surface area contributed by atoms with Crippen LogP contribution in [0.1, 0.15) is 24.5 Å². The monoisotopic (exact) mass is 337 g/mol. The van der Waals surface area contributed by atoms with E-state index in [1.165, 1.54) is 6.20 Å². The van der Waals surface area contributed by atoms with Gasteiger partial charge in [-0.05, 0) is 36.5 Å². The molecule has 1 aromatic carbocycles. The highest BCUT2D eigenvalue weighted by molar-refractivity contribution is 6.30. The Kier molecular flexibility index (Phi) is 4.81. The molecule has 4 nitrogen and oxygen atoms in total. The predicted octanol–water partition coefficient (Wildman–Crippen LogP) is 3.73. The van der Waals surface area contributed by atoms with Gasteiger partial charge >= 0.3 is 0 Å². The van der Waals surface area contributed by atoms with Crippen molar-refractivity contribution in [3.63, 3.8) is 0 Å².